The van der Waals surface area contributed by atoms with E-state index in [9.17, 15) is 14.4 Å². The van der Waals surface area contributed by atoms with Crippen LogP contribution in [0, 0.1) is 0 Å². The van der Waals surface area contributed by atoms with Gasteiger partial charge in [0.2, 0.25) is 5.91 Å². The predicted octanol–water partition coefficient (Wildman–Crippen LogP) is -0.0125. The number of aromatic amines is 1. The number of carbonyl (C=O) groups is 1. The molecule has 2 aromatic rings. The molecule has 1 N–H and O–H groups in total. The van der Waals surface area contributed by atoms with Crippen molar-refractivity contribution >= 4 is 17.1 Å². The van der Waals surface area contributed by atoms with Gasteiger partial charge >= 0.3 is 5.69 Å². The average molecular weight is 360 g/mol. The summed E-state index contributed by atoms with van der Waals surface area (Å²) in [5, 5.41) is 0. The van der Waals surface area contributed by atoms with Crippen molar-refractivity contribution in [3.8, 4) is 0 Å². The number of aromatic nitrogens is 4. The second-order valence-corrected chi connectivity index (χ2v) is 7.25. The lowest BCUT2D eigenvalue weighted by atomic mass is 10.3. The molecule has 9 nitrogen and oxygen atoms in total. The molecule has 0 spiro atoms. The van der Waals surface area contributed by atoms with Crippen LogP contribution in [-0.2, 0) is 24.9 Å². The van der Waals surface area contributed by atoms with E-state index >= 15 is 0 Å². The third-order valence-electron chi connectivity index (χ3n) is 5.23. The first-order valence-corrected chi connectivity index (χ1v) is 9.19. The van der Waals surface area contributed by atoms with Gasteiger partial charge in [-0.1, -0.05) is 13.3 Å². The largest absolute Gasteiger partial charge is 0.330 e. The average Bonchev–Trinajstić information content (AvgIpc) is 3.29. The number of nitrogens with one attached hydrogen (secondary N) is 1. The van der Waals surface area contributed by atoms with Gasteiger partial charge in [-0.25, -0.2) is 9.78 Å². The van der Waals surface area contributed by atoms with Crippen molar-refractivity contribution in [1.29, 1.82) is 0 Å². The molecule has 2 fully saturated rings. The van der Waals surface area contributed by atoms with Gasteiger partial charge in [-0.05, 0) is 19.3 Å². The summed E-state index contributed by atoms with van der Waals surface area (Å²) in [5.41, 5.74) is -0.0116. The number of aryl methyl sites for hydroxylation is 2. The summed E-state index contributed by atoms with van der Waals surface area (Å²) in [6.07, 6.45) is 3.96. The molecule has 0 unspecified atom stereocenters. The second kappa shape index (κ2) is 6.39. The van der Waals surface area contributed by atoms with Crippen LogP contribution in [0.5, 0.6) is 0 Å². The number of rotatable bonds is 6. The molecule has 1 amide bonds. The fraction of sp³-hybridized carbons (Fsp3) is 0.647. The van der Waals surface area contributed by atoms with Crippen LogP contribution < -0.4 is 11.2 Å². The summed E-state index contributed by atoms with van der Waals surface area (Å²) in [7, 11) is 1.78. The molecule has 0 aromatic carbocycles. The van der Waals surface area contributed by atoms with E-state index in [-0.39, 0.29) is 5.91 Å². The Morgan fingerprint density at radius 1 is 1.23 bits per heavy atom. The van der Waals surface area contributed by atoms with Crippen LogP contribution in [0.3, 0.4) is 0 Å². The molecule has 1 aliphatic carbocycles. The zero-order valence-corrected chi connectivity index (χ0v) is 15.2. The summed E-state index contributed by atoms with van der Waals surface area (Å²) >= 11 is 0. The number of nitrogens with zero attached hydrogens (tertiary/aromatic N) is 5. The Hall–Kier alpha value is -2.42. The number of unbranched alkanes of at least 4 members (excludes halogenated alkanes) is 1. The Balaban J connectivity index is 1.67. The van der Waals surface area contributed by atoms with Gasteiger partial charge in [-0.15, -0.1) is 0 Å². The van der Waals surface area contributed by atoms with Gasteiger partial charge in [0.1, 0.15) is 5.82 Å². The van der Waals surface area contributed by atoms with Gasteiger partial charge in [0.05, 0.1) is 19.8 Å². The van der Waals surface area contributed by atoms with Gasteiger partial charge < -0.3 is 9.47 Å². The van der Waals surface area contributed by atoms with Gasteiger partial charge in [0.25, 0.3) is 5.56 Å². The molecule has 4 rings (SSSR count). The Bertz CT molecular complexity index is 967. The fourth-order valence-electron chi connectivity index (χ4n) is 3.59. The maximum Gasteiger partial charge on any atom is 0.330 e. The molecule has 2 aliphatic rings. The molecular formula is C17H24N6O3. The Labute approximate surface area is 150 Å². The van der Waals surface area contributed by atoms with Gasteiger partial charge in [0, 0.05) is 19.6 Å². The van der Waals surface area contributed by atoms with Crippen molar-refractivity contribution in [1.82, 2.24) is 28.9 Å². The molecule has 0 bridgehead atoms. The number of imidazole rings is 1. The molecule has 1 saturated heterocycles. The number of H-pyrrole nitrogens is 1. The summed E-state index contributed by atoms with van der Waals surface area (Å²) in [5.74, 6) is 0.843. The zero-order chi connectivity index (χ0) is 18.4. The quantitative estimate of drug-likeness (QED) is 0.781. The molecule has 0 radical (unpaired) electrons. The smallest absolute Gasteiger partial charge is 0.326 e. The van der Waals surface area contributed by atoms with Crippen molar-refractivity contribution < 1.29 is 4.79 Å². The number of fused-ring (bicyclic) bond motifs is 1. The van der Waals surface area contributed by atoms with Crippen LogP contribution in [-0.4, -0.2) is 54.1 Å². The first-order valence-electron chi connectivity index (χ1n) is 9.19. The third-order valence-corrected chi connectivity index (χ3v) is 5.23. The molecule has 9 heteroatoms. The fourth-order valence-corrected chi connectivity index (χ4v) is 3.59. The van der Waals surface area contributed by atoms with Crippen LogP contribution in [0.4, 0.5) is 0 Å². The molecule has 1 saturated carbocycles. The van der Waals surface area contributed by atoms with Crippen LogP contribution in [0.15, 0.2) is 9.59 Å². The van der Waals surface area contributed by atoms with Crippen molar-refractivity contribution in [2.45, 2.75) is 51.7 Å². The SMILES string of the molecule is CCCCn1c(=O)[nH]c(=O)c2c1nc(CN1CC(=O)N(C3CC3)C1)n2C. The number of hydrogen-bond acceptors (Lipinski definition) is 5. The Kier molecular flexibility index (Phi) is 4.18. The van der Waals surface area contributed by atoms with Crippen LogP contribution in [0.2, 0.25) is 0 Å². The molecule has 2 aromatic heterocycles. The molecule has 26 heavy (non-hydrogen) atoms. The van der Waals surface area contributed by atoms with Crippen molar-refractivity contribution in [2.24, 2.45) is 7.05 Å². The molecule has 1 aliphatic heterocycles. The number of amides is 1. The van der Waals surface area contributed by atoms with Gasteiger partial charge in [0.15, 0.2) is 11.2 Å². The molecular weight excluding hydrogens is 336 g/mol. The normalized spacial score (nSPS) is 18.4. The highest BCUT2D eigenvalue weighted by atomic mass is 16.2. The van der Waals surface area contributed by atoms with E-state index in [4.69, 9.17) is 0 Å². The van der Waals surface area contributed by atoms with Crippen molar-refractivity contribution in [3.63, 3.8) is 0 Å². The van der Waals surface area contributed by atoms with Gasteiger partial charge in [-0.3, -0.25) is 24.0 Å². The lowest BCUT2D eigenvalue weighted by Crippen LogP contribution is -2.31. The molecule has 3 heterocycles. The van der Waals surface area contributed by atoms with Crippen LogP contribution in [0.1, 0.15) is 38.4 Å². The van der Waals surface area contributed by atoms with Crippen LogP contribution in [0.25, 0.3) is 11.2 Å². The van der Waals surface area contributed by atoms with E-state index in [2.05, 4.69) is 9.97 Å². The third kappa shape index (κ3) is 2.86. The maximum atomic E-state index is 12.3. The lowest BCUT2D eigenvalue weighted by Gasteiger charge is -2.17. The van der Waals surface area contributed by atoms with E-state index in [0.29, 0.717) is 49.3 Å². The highest BCUT2D eigenvalue weighted by molar-refractivity contribution is 5.80. The standard InChI is InChI=1S/C17H24N6O3/c1-3-4-7-22-15-14(16(25)19-17(22)26)20(2)12(18-15)8-21-9-13(24)23(10-21)11-5-6-11/h11H,3-10H2,1-2H3,(H,19,25,26). The summed E-state index contributed by atoms with van der Waals surface area (Å²) in [4.78, 5) is 47.6. The first-order chi connectivity index (χ1) is 12.5. The van der Waals surface area contributed by atoms with E-state index < -0.39 is 11.2 Å². The van der Waals surface area contributed by atoms with E-state index in [1.165, 1.54) is 4.57 Å². The second-order valence-electron chi connectivity index (χ2n) is 7.25. The van der Waals surface area contributed by atoms with Crippen molar-refractivity contribution in [2.75, 3.05) is 13.2 Å². The summed E-state index contributed by atoms with van der Waals surface area (Å²) in [6.45, 7) is 4.02. The van der Waals surface area contributed by atoms with Crippen molar-refractivity contribution in [3.05, 3.63) is 26.7 Å². The van der Waals surface area contributed by atoms with E-state index in [1.807, 2.05) is 16.7 Å². The Morgan fingerprint density at radius 2 is 2.00 bits per heavy atom. The first kappa shape index (κ1) is 17.0. The Morgan fingerprint density at radius 3 is 2.69 bits per heavy atom. The van der Waals surface area contributed by atoms with E-state index in [0.717, 1.165) is 25.7 Å². The minimum absolute atomic E-state index is 0.156. The molecule has 140 valence electrons. The number of hydrogen-bond donors (Lipinski definition) is 1. The highest BCUT2D eigenvalue weighted by Crippen LogP contribution is 2.29. The lowest BCUT2D eigenvalue weighted by molar-refractivity contribution is -0.127. The maximum absolute atomic E-state index is 12.3. The molecule has 0 atom stereocenters. The van der Waals surface area contributed by atoms with Crippen LogP contribution >= 0.6 is 0 Å². The number of carbonyl (C=O) groups excluding carboxylic acids is 1. The zero-order valence-electron chi connectivity index (χ0n) is 15.2. The van der Waals surface area contributed by atoms with Gasteiger partial charge in [-0.2, -0.15) is 0 Å². The minimum atomic E-state index is -0.420. The summed E-state index contributed by atoms with van der Waals surface area (Å²) in [6, 6.07) is 0.398. The predicted molar refractivity (Wildman–Crippen MR) is 95.6 cm³/mol. The topological polar surface area (TPSA) is 96.2 Å². The monoisotopic (exact) mass is 360 g/mol. The highest BCUT2D eigenvalue weighted by Gasteiger charge is 2.38. The minimum Gasteiger partial charge on any atom is -0.326 e. The van der Waals surface area contributed by atoms with E-state index in [1.54, 1.807) is 11.6 Å². The summed E-state index contributed by atoms with van der Waals surface area (Å²) < 4.78 is 3.27.